The first-order valence-corrected chi connectivity index (χ1v) is 6.32. The number of likely N-dealkylation sites (N-methyl/N-ethyl adjacent to an activating group) is 1. The van der Waals surface area contributed by atoms with Crippen molar-refractivity contribution in [2.24, 2.45) is 0 Å². The predicted molar refractivity (Wildman–Crippen MR) is 79.0 cm³/mol. The summed E-state index contributed by atoms with van der Waals surface area (Å²) in [7, 11) is 1.83. The Morgan fingerprint density at radius 2 is 2.05 bits per heavy atom. The zero-order valence-corrected chi connectivity index (χ0v) is 11.3. The van der Waals surface area contributed by atoms with Crippen molar-refractivity contribution in [2.45, 2.75) is 6.42 Å². The number of carboxylic acid groups (broad SMARTS) is 1. The van der Waals surface area contributed by atoms with Gasteiger partial charge in [-0.3, -0.25) is 0 Å². The Hall–Kier alpha value is -2.56. The standard InChI is InChI=1S/C15H17N3O2/c1-18(8-7-11-5-3-2-4-6-11)14-13(15(19)20)9-12(16)10-17-14/h2-6,9-10H,7-8,16H2,1H3,(H,19,20). The van der Waals surface area contributed by atoms with Gasteiger partial charge in [0.05, 0.1) is 11.9 Å². The largest absolute Gasteiger partial charge is 0.478 e. The van der Waals surface area contributed by atoms with Crippen LogP contribution in [0.1, 0.15) is 15.9 Å². The maximum atomic E-state index is 11.2. The van der Waals surface area contributed by atoms with E-state index in [9.17, 15) is 9.90 Å². The van der Waals surface area contributed by atoms with E-state index in [1.54, 1.807) is 0 Å². The molecule has 0 atom stereocenters. The third-order valence-electron chi connectivity index (χ3n) is 3.06. The Balaban J connectivity index is 2.13. The number of pyridine rings is 1. The molecule has 0 spiro atoms. The van der Waals surface area contributed by atoms with Crippen LogP contribution in [0.15, 0.2) is 42.6 Å². The minimum atomic E-state index is -1.02. The lowest BCUT2D eigenvalue weighted by molar-refractivity contribution is 0.0697. The maximum absolute atomic E-state index is 11.2. The summed E-state index contributed by atoms with van der Waals surface area (Å²) in [6, 6.07) is 11.5. The van der Waals surface area contributed by atoms with Crippen LogP contribution < -0.4 is 10.6 Å². The lowest BCUT2D eigenvalue weighted by Gasteiger charge is -2.20. The van der Waals surface area contributed by atoms with Crippen molar-refractivity contribution in [3.8, 4) is 0 Å². The van der Waals surface area contributed by atoms with Crippen LogP contribution >= 0.6 is 0 Å². The third-order valence-corrected chi connectivity index (χ3v) is 3.06. The molecule has 2 rings (SSSR count). The molecule has 0 bridgehead atoms. The van der Waals surface area contributed by atoms with E-state index in [1.807, 2.05) is 42.3 Å². The minimum absolute atomic E-state index is 0.126. The van der Waals surface area contributed by atoms with Gasteiger partial charge in [-0.05, 0) is 18.1 Å². The van der Waals surface area contributed by atoms with Gasteiger partial charge in [0, 0.05) is 13.6 Å². The number of benzene rings is 1. The van der Waals surface area contributed by atoms with E-state index in [0.29, 0.717) is 18.1 Å². The van der Waals surface area contributed by atoms with Crippen LogP contribution in [0.5, 0.6) is 0 Å². The monoisotopic (exact) mass is 271 g/mol. The molecule has 5 nitrogen and oxygen atoms in total. The topological polar surface area (TPSA) is 79.5 Å². The van der Waals surface area contributed by atoms with Crippen molar-refractivity contribution in [3.63, 3.8) is 0 Å². The van der Waals surface area contributed by atoms with Crippen LogP contribution in [0, 0.1) is 0 Å². The first-order chi connectivity index (χ1) is 9.58. The van der Waals surface area contributed by atoms with Crippen LogP contribution in [-0.2, 0) is 6.42 Å². The summed E-state index contributed by atoms with van der Waals surface area (Å²) >= 11 is 0. The normalized spacial score (nSPS) is 10.2. The molecule has 0 radical (unpaired) electrons. The van der Waals surface area contributed by atoms with E-state index in [0.717, 1.165) is 6.42 Å². The molecular weight excluding hydrogens is 254 g/mol. The molecule has 0 aliphatic heterocycles. The number of anilines is 2. The lowest BCUT2D eigenvalue weighted by atomic mass is 10.1. The number of hydrogen-bond donors (Lipinski definition) is 2. The van der Waals surface area contributed by atoms with Crippen molar-refractivity contribution >= 4 is 17.5 Å². The highest BCUT2D eigenvalue weighted by Crippen LogP contribution is 2.19. The smallest absolute Gasteiger partial charge is 0.339 e. The highest BCUT2D eigenvalue weighted by Gasteiger charge is 2.15. The predicted octanol–water partition coefficient (Wildman–Crippen LogP) is 2.04. The SMILES string of the molecule is CN(CCc1ccccc1)c1ncc(N)cc1C(=O)O. The molecule has 1 aromatic carbocycles. The van der Waals surface area contributed by atoms with Gasteiger partial charge in [-0.25, -0.2) is 9.78 Å². The summed E-state index contributed by atoms with van der Waals surface area (Å²) in [6.07, 6.45) is 2.29. The summed E-state index contributed by atoms with van der Waals surface area (Å²) in [5.41, 5.74) is 7.26. The minimum Gasteiger partial charge on any atom is -0.478 e. The van der Waals surface area contributed by atoms with Crippen LogP contribution in [0.3, 0.4) is 0 Å². The Bertz CT molecular complexity index is 599. The number of nitrogen functional groups attached to an aromatic ring is 1. The molecule has 104 valence electrons. The molecule has 5 heteroatoms. The zero-order valence-electron chi connectivity index (χ0n) is 11.3. The number of nitrogens with two attached hydrogens (primary N) is 1. The van der Waals surface area contributed by atoms with E-state index in [4.69, 9.17) is 5.73 Å². The van der Waals surface area contributed by atoms with Gasteiger partial charge in [-0.15, -0.1) is 0 Å². The lowest BCUT2D eigenvalue weighted by Crippen LogP contribution is -2.24. The number of aromatic carboxylic acids is 1. The first kappa shape index (κ1) is 13.9. The van der Waals surface area contributed by atoms with E-state index in [2.05, 4.69) is 4.98 Å². The van der Waals surface area contributed by atoms with E-state index >= 15 is 0 Å². The molecular formula is C15H17N3O2. The Labute approximate surface area is 117 Å². The average molecular weight is 271 g/mol. The van der Waals surface area contributed by atoms with Gasteiger partial charge in [-0.1, -0.05) is 30.3 Å². The van der Waals surface area contributed by atoms with Crippen LogP contribution in [0.2, 0.25) is 0 Å². The van der Waals surface area contributed by atoms with Crippen LogP contribution in [0.4, 0.5) is 11.5 Å². The molecule has 0 fully saturated rings. The Morgan fingerprint density at radius 1 is 1.35 bits per heavy atom. The third kappa shape index (κ3) is 3.26. The molecule has 0 amide bonds. The fourth-order valence-electron chi connectivity index (χ4n) is 1.98. The van der Waals surface area contributed by atoms with Crippen molar-refractivity contribution in [1.82, 2.24) is 4.98 Å². The second-order valence-electron chi connectivity index (χ2n) is 4.60. The van der Waals surface area contributed by atoms with E-state index in [1.165, 1.54) is 17.8 Å². The molecule has 3 N–H and O–H groups in total. The van der Waals surface area contributed by atoms with Crippen molar-refractivity contribution in [1.29, 1.82) is 0 Å². The highest BCUT2D eigenvalue weighted by atomic mass is 16.4. The van der Waals surface area contributed by atoms with Gasteiger partial charge >= 0.3 is 5.97 Å². The van der Waals surface area contributed by atoms with Crippen molar-refractivity contribution in [3.05, 3.63) is 53.7 Å². The first-order valence-electron chi connectivity index (χ1n) is 6.32. The van der Waals surface area contributed by atoms with Gasteiger partial charge in [0.1, 0.15) is 11.4 Å². The summed E-state index contributed by atoms with van der Waals surface area (Å²) in [4.78, 5) is 17.2. The summed E-state index contributed by atoms with van der Waals surface area (Å²) in [5.74, 6) is -0.589. The van der Waals surface area contributed by atoms with Gasteiger partial charge in [-0.2, -0.15) is 0 Å². The maximum Gasteiger partial charge on any atom is 0.339 e. The molecule has 2 aromatic rings. The molecule has 0 unspecified atom stereocenters. The number of nitrogens with zero attached hydrogens (tertiary/aromatic N) is 2. The average Bonchev–Trinajstić information content (AvgIpc) is 2.45. The molecule has 0 saturated carbocycles. The summed E-state index contributed by atoms with van der Waals surface area (Å²) in [6.45, 7) is 0.682. The fourth-order valence-corrected chi connectivity index (χ4v) is 1.98. The zero-order chi connectivity index (χ0) is 14.5. The van der Waals surface area contributed by atoms with Crippen molar-refractivity contribution in [2.75, 3.05) is 24.2 Å². The van der Waals surface area contributed by atoms with Gasteiger partial charge in [0.2, 0.25) is 0 Å². The molecule has 20 heavy (non-hydrogen) atoms. The number of aromatic nitrogens is 1. The molecule has 1 aromatic heterocycles. The van der Waals surface area contributed by atoms with E-state index < -0.39 is 5.97 Å². The van der Waals surface area contributed by atoms with Crippen LogP contribution in [0.25, 0.3) is 0 Å². The quantitative estimate of drug-likeness (QED) is 0.870. The summed E-state index contributed by atoms with van der Waals surface area (Å²) in [5, 5.41) is 9.20. The number of rotatable bonds is 5. The van der Waals surface area contributed by atoms with Gasteiger partial charge in [0.25, 0.3) is 0 Å². The molecule has 0 aliphatic carbocycles. The van der Waals surface area contributed by atoms with Gasteiger partial charge in [0.15, 0.2) is 0 Å². The van der Waals surface area contributed by atoms with Crippen molar-refractivity contribution < 1.29 is 9.90 Å². The highest BCUT2D eigenvalue weighted by molar-refractivity contribution is 5.94. The Kier molecular flexibility index (Phi) is 4.20. The number of carboxylic acids is 1. The second-order valence-corrected chi connectivity index (χ2v) is 4.60. The van der Waals surface area contributed by atoms with E-state index in [-0.39, 0.29) is 5.56 Å². The summed E-state index contributed by atoms with van der Waals surface area (Å²) < 4.78 is 0. The number of carbonyl (C=O) groups is 1. The fraction of sp³-hybridized carbons (Fsp3) is 0.200. The Morgan fingerprint density at radius 3 is 2.70 bits per heavy atom. The van der Waals surface area contributed by atoms with Crippen LogP contribution in [-0.4, -0.2) is 29.7 Å². The van der Waals surface area contributed by atoms with Gasteiger partial charge < -0.3 is 15.7 Å². The molecule has 0 aliphatic rings. The second kappa shape index (κ2) is 6.06. The number of hydrogen-bond acceptors (Lipinski definition) is 4. The molecule has 0 saturated heterocycles. The molecule has 1 heterocycles.